The molecule has 0 heterocycles. The summed E-state index contributed by atoms with van der Waals surface area (Å²) in [5, 5.41) is 13.4. The Morgan fingerprint density at radius 3 is 2.43 bits per heavy atom. The minimum atomic E-state index is -0.156. The van der Waals surface area contributed by atoms with Gasteiger partial charge in [-0.25, -0.2) is 0 Å². The molecule has 0 aromatic heterocycles. The van der Waals surface area contributed by atoms with E-state index in [-0.39, 0.29) is 11.3 Å². The van der Waals surface area contributed by atoms with E-state index in [1.165, 1.54) is 24.8 Å². The summed E-state index contributed by atoms with van der Waals surface area (Å²) in [5.74, 6) is 1.36. The van der Waals surface area contributed by atoms with E-state index in [2.05, 4.69) is 33.0 Å². The number of carbonyl (C=O) groups is 1. The normalized spacial score (nSPS) is 19.6. The van der Waals surface area contributed by atoms with Crippen molar-refractivity contribution in [3.8, 4) is 5.75 Å². The third kappa shape index (κ3) is 4.76. The SMILES string of the molecule is CCCC1CCC(c2ccc(NC(=O)c3ccc(C(C)(C)C)cc3)cc2O)C1. The van der Waals surface area contributed by atoms with Crippen molar-refractivity contribution in [2.45, 2.75) is 71.1 Å². The maximum absolute atomic E-state index is 12.5. The molecule has 1 aliphatic carbocycles. The Morgan fingerprint density at radius 1 is 1.11 bits per heavy atom. The summed E-state index contributed by atoms with van der Waals surface area (Å²) in [4.78, 5) is 12.5. The molecule has 0 radical (unpaired) electrons. The lowest BCUT2D eigenvalue weighted by molar-refractivity contribution is 0.102. The van der Waals surface area contributed by atoms with Crippen LogP contribution in [0, 0.1) is 5.92 Å². The molecule has 0 bridgehead atoms. The molecule has 0 aliphatic heterocycles. The first kappa shape index (κ1) is 20.4. The Balaban J connectivity index is 1.66. The molecule has 3 heteroatoms. The molecule has 2 N–H and O–H groups in total. The summed E-state index contributed by atoms with van der Waals surface area (Å²) in [6.45, 7) is 8.70. The van der Waals surface area contributed by atoms with E-state index in [0.717, 1.165) is 24.3 Å². The molecule has 1 fully saturated rings. The van der Waals surface area contributed by atoms with Crippen LogP contribution in [0.15, 0.2) is 42.5 Å². The van der Waals surface area contributed by atoms with Gasteiger partial charge in [0.25, 0.3) is 5.91 Å². The van der Waals surface area contributed by atoms with Crippen molar-refractivity contribution in [1.29, 1.82) is 0 Å². The van der Waals surface area contributed by atoms with Crippen LogP contribution in [0.1, 0.15) is 87.2 Å². The standard InChI is InChI=1S/C25H33NO2/c1-5-6-17-7-8-19(15-17)22-14-13-21(16-23(22)27)26-24(28)18-9-11-20(12-10-18)25(2,3)4/h9-14,16-17,19,27H,5-8,15H2,1-4H3,(H,26,28). The largest absolute Gasteiger partial charge is 0.508 e. The molecule has 2 atom stereocenters. The molecule has 1 amide bonds. The fourth-order valence-corrected chi connectivity index (χ4v) is 4.32. The predicted octanol–water partition coefficient (Wildman–Crippen LogP) is 6.63. The van der Waals surface area contributed by atoms with Crippen molar-refractivity contribution in [3.05, 3.63) is 59.2 Å². The van der Waals surface area contributed by atoms with Gasteiger partial charge in [-0.1, -0.05) is 58.7 Å². The molecule has 3 nitrogen and oxygen atoms in total. The summed E-state index contributed by atoms with van der Waals surface area (Å²) >= 11 is 0. The number of aromatic hydroxyl groups is 1. The Hall–Kier alpha value is -2.29. The van der Waals surface area contributed by atoms with Crippen LogP contribution >= 0.6 is 0 Å². The summed E-state index contributed by atoms with van der Waals surface area (Å²) in [6, 6.07) is 13.3. The Bertz CT molecular complexity index is 817. The smallest absolute Gasteiger partial charge is 0.255 e. The quantitative estimate of drug-likeness (QED) is 0.613. The number of hydrogen-bond donors (Lipinski definition) is 2. The van der Waals surface area contributed by atoms with Gasteiger partial charge in [0.2, 0.25) is 0 Å². The number of anilines is 1. The molecular weight excluding hydrogens is 346 g/mol. The van der Waals surface area contributed by atoms with Gasteiger partial charge >= 0.3 is 0 Å². The highest BCUT2D eigenvalue weighted by atomic mass is 16.3. The summed E-state index contributed by atoms with van der Waals surface area (Å²) < 4.78 is 0. The highest BCUT2D eigenvalue weighted by Crippen LogP contribution is 2.43. The van der Waals surface area contributed by atoms with Crippen LogP contribution in [-0.4, -0.2) is 11.0 Å². The molecule has 2 aromatic carbocycles. The van der Waals surface area contributed by atoms with Crippen LogP contribution < -0.4 is 5.32 Å². The van der Waals surface area contributed by atoms with E-state index in [4.69, 9.17) is 0 Å². The molecule has 150 valence electrons. The summed E-state index contributed by atoms with van der Waals surface area (Å²) in [7, 11) is 0. The van der Waals surface area contributed by atoms with Gasteiger partial charge in [-0.2, -0.15) is 0 Å². The van der Waals surface area contributed by atoms with E-state index in [1.807, 2.05) is 36.4 Å². The second kappa shape index (κ2) is 8.38. The Morgan fingerprint density at radius 2 is 1.82 bits per heavy atom. The molecule has 0 spiro atoms. The van der Waals surface area contributed by atoms with Gasteiger partial charge < -0.3 is 10.4 Å². The molecule has 1 aliphatic rings. The zero-order valence-corrected chi connectivity index (χ0v) is 17.6. The van der Waals surface area contributed by atoms with Crippen molar-refractivity contribution in [2.24, 2.45) is 5.92 Å². The van der Waals surface area contributed by atoms with E-state index in [0.29, 0.717) is 22.9 Å². The van der Waals surface area contributed by atoms with Crippen LogP contribution in [0.2, 0.25) is 0 Å². The highest BCUT2D eigenvalue weighted by Gasteiger charge is 2.27. The Kier molecular flexibility index (Phi) is 6.12. The topological polar surface area (TPSA) is 49.3 Å². The lowest BCUT2D eigenvalue weighted by Gasteiger charge is -2.19. The third-order valence-corrected chi connectivity index (χ3v) is 5.98. The van der Waals surface area contributed by atoms with Crippen LogP contribution in [0.3, 0.4) is 0 Å². The van der Waals surface area contributed by atoms with Crippen molar-refractivity contribution >= 4 is 11.6 Å². The second-order valence-corrected chi connectivity index (χ2v) is 9.22. The van der Waals surface area contributed by atoms with E-state index >= 15 is 0 Å². The minimum Gasteiger partial charge on any atom is -0.508 e. The second-order valence-electron chi connectivity index (χ2n) is 9.22. The number of hydrogen-bond acceptors (Lipinski definition) is 2. The fourth-order valence-electron chi connectivity index (χ4n) is 4.32. The average molecular weight is 380 g/mol. The average Bonchev–Trinajstić information content (AvgIpc) is 3.10. The summed E-state index contributed by atoms with van der Waals surface area (Å²) in [6.07, 6.45) is 6.06. The highest BCUT2D eigenvalue weighted by molar-refractivity contribution is 6.04. The molecule has 28 heavy (non-hydrogen) atoms. The van der Waals surface area contributed by atoms with Crippen molar-refractivity contribution in [3.63, 3.8) is 0 Å². The van der Waals surface area contributed by atoms with Gasteiger partial charge in [0.05, 0.1) is 0 Å². The molecular formula is C25H33NO2. The number of carbonyl (C=O) groups excluding carboxylic acids is 1. The summed E-state index contributed by atoms with van der Waals surface area (Å²) in [5.41, 5.74) is 3.53. The molecule has 2 aromatic rings. The van der Waals surface area contributed by atoms with Gasteiger partial charge in [0, 0.05) is 17.3 Å². The molecule has 3 rings (SSSR count). The van der Waals surface area contributed by atoms with Gasteiger partial charge in [-0.15, -0.1) is 0 Å². The number of benzene rings is 2. The van der Waals surface area contributed by atoms with E-state index in [1.54, 1.807) is 6.07 Å². The minimum absolute atomic E-state index is 0.0625. The van der Waals surface area contributed by atoms with E-state index < -0.39 is 0 Å². The zero-order chi connectivity index (χ0) is 20.3. The van der Waals surface area contributed by atoms with Gasteiger partial charge in [0.15, 0.2) is 0 Å². The lowest BCUT2D eigenvalue weighted by Crippen LogP contribution is -2.14. The first-order valence-electron chi connectivity index (χ1n) is 10.5. The van der Waals surface area contributed by atoms with Crippen molar-refractivity contribution in [1.82, 2.24) is 0 Å². The van der Waals surface area contributed by atoms with Crippen LogP contribution in [0.25, 0.3) is 0 Å². The van der Waals surface area contributed by atoms with Crippen molar-refractivity contribution in [2.75, 3.05) is 5.32 Å². The van der Waals surface area contributed by atoms with Gasteiger partial charge in [-0.05, 0) is 65.8 Å². The van der Waals surface area contributed by atoms with Crippen LogP contribution in [0.5, 0.6) is 5.75 Å². The third-order valence-electron chi connectivity index (χ3n) is 5.98. The number of amides is 1. The van der Waals surface area contributed by atoms with E-state index in [9.17, 15) is 9.90 Å². The fraction of sp³-hybridized carbons (Fsp3) is 0.480. The first-order chi connectivity index (χ1) is 13.3. The molecule has 2 unspecified atom stereocenters. The zero-order valence-electron chi connectivity index (χ0n) is 17.6. The number of rotatable bonds is 5. The van der Waals surface area contributed by atoms with Crippen LogP contribution in [-0.2, 0) is 5.41 Å². The van der Waals surface area contributed by atoms with Crippen LogP contribution in [0.4, 0.5) is 5.69 Å². The number of phenolic OH excluding ortho intramolecular Hbond substituents is 1. The van der Waals surface area contributed by atoms with Crippen molar-refractivity contribution < 1.29 is 9.90 Å². The van der Waals surface area contributed by atoms with Gasteiger partial charge in [0.1, 0.15) is 5.75 Å². The predicted molar refractivity (Wildman–Crippen MR) is 116 cm³/mol. The number of phenols is 1. The lowest BCUT2D eigenvalue weighted by atomic mass is 9.86. The Labute approximate surface area is 169 Å². The molecule has 0 saturated heterocycles. The van der Waals surface area contributed by atoms with Gasteiger partial charge in [-0.3, -0.25) is 4.79 Å². The monoisotopic (exact) mass is 379 g/mol. The maximum Gasteiger partial charge on any atom is 0.255 e. The molecule has 1 saturated carbocycles. The number of nitrogens with one attached hydrogen (secondary N) is 1. The first-order valence-corrected chi connectivity index (χ1v) is 10.5. The maximum atomic E-state index is 12.5.